The largest absolute Gasteiger partial charge is 0.389 e. The lowest BCUT2D eigenvalue weighted by molar-refractivity contribution is 0.208. The molecular formula is C18H32O2. The van der Waals surface area contributed by atoms with Gasteiger partial charge < -0.3 is 10.2 Å². The van der Waals surface area contributed by atoms with Crippen molar-refractivity contribution in [2.75, 3.05) is 0 Å². The van der Waals surface area contributed by atoms with Gasteiger partial charge in [-0.1, -0.05) is 88.8 Å². The van der Waals surface area contributed by atoms with E-state index in [4.69, 9.17) is 0 Å². The van der Waals surface area contributed by atoms with E-state index in [0.29, 0.717) is 0 Å². The van der Waals surface area contributed by atoms with Gasteiger partial charge in [-0.15, -0.1) is 0 Å². The lowest BCUT2D eigenvalue weighted by Crippen LogP contribution is -2.01. The van der Waals surface area contributed by atoms with Crippen LogP contribution in [0.4, 0.5) is 0 Å². The standard InChI is InChI=1S/C18H32O2/c1-3-5-9-13-17(19)15-11-7-8-12-16-18(20)14-10-6-4-2/h7-8,11-12,15-20H,3-6,9-10,13-14H2,1-2H3/b8-7-,15-11-,16-12+. The third-order valence-corrected chi connectivity index (χ3v) is 3.21. The van der Waals surface area contributed by atoms with Gasteiger partial charge >= 0.3 is 0 Å². The van der Waals surface area contributed by atoms with Gasteiger partial charge in [0.1, 0.15) is 0 Å². The second kappa shape index (κ2) is 14.5. The van der Waals surface area contributed by atoms with Crippen LogP contribution in [0.15, 0.2) is 36.5 Å². The van der Waals surface area contributed by atoms with Crippen molar-refractivity contribution in [3.8, 4) is 0 Å². The Morgan fingerprint density at radius 3 is 1.40 bits per heavy atom. The van der Waals surface area contributed by atoms with E-state index in [-0.39, 0.29) is 12.2 Å². The van der Waals surface area contributed by atoms with Gasteiger partial charge in [0.15, 0.2) is 0 Å². The summed E-state index contributed by atoms with van der Waals surface area (Å²) in [6.07, 6.45) is 19.0. The number of rotatable bonds is 12. The van der Waals surface area contributed by atoms with E-state index in [9.17, 15) is 10.2 Å². The lowest BCUT2D eigenvalue weighted by atomic mass is 10.1. The van der Waals surface area contributed by atoms with Crippen LogP contribution in [0.2, 0.25) is 0 Å². The Bertz CT molecular complexity index is 251. The molecule has 0 radical (unpaired) electrons. The van der Waals surface area contributed by atoms with Crippen LogP contribution >= 0.6 is 0 Å². The molecule has 0 rings (SSSR count). The minimum Gasteiger partial charge on any atom is -0.389 e. The van der Waals surface area contributed by atoms with Crippen molar-refractivity contribution in [2.24, 2.45) is 0 Å². The van der Waals surface area contributed by atoms with Crippen molar-refractivity contribution in [1.82, 2.24) is 0 Å². The van der Waals surface area contributed by atoms with E-state index in [2.05, 4.69) is 13.8 Å². The highest BCUT2D eigenvalue weighted by Crippen LogP contribution is 2.05. The molecule has 0 saturated carbocycles. The molecule has 116 valence electrons. The summed E-state index contributed by atoms with van der Waals surface area (Å²) in [6.45, 7) is 4.32. The Kier molecular flexibility index (Phi) is 13.9. The first-order chi connectivity index (χ1) is 9.70. The van der Waals surface area contributed by atoms with Crippen molar-refractivity contribution in [2.45, 2.75) is 77.4 Å². The van der Waals surface area contributed by atoms with Gasteiger partial charge in [0.2, 0.25) is 0 Å². The van der Waals surface area contributed by atoms with Crippen LogP contribution in [0.25, 0.3) is 0 Å². The van der Waals surface area contributed by atoms with Gasteiger partial charge in [-0.3, -0.25) is 0 Å². The summed E-state index contributed by atoms with van der Waals surface area (Å²) in [5.41, 5.74) is 0. The van der Waals surface area contributed by atoms with Crippen molar-refractivity contribution >= 4 is 0 Å². The maximum atomic E-state index is 9.66. The molecule has 20 heavy (non-hydrogen) atoms. The zero-order chi connectivity index (χ0) is 15.1. The Morgan fingerprint density at radius 1 is 0.650 bits per heavy atom. The molecular weight excluding hydrogens is 248 g/mol. The quantitative estimate of drug-likeness (QED) is 0.407. The minimum absolute atomic E-state index is 0.338. The minimum atomic E-state index is -0.338. The summed E-state index contributed by atoms with van der Waals surface area (Å²) in [7, 11) is 0. The first-order valence-corrected chi connectivity index (χ1v) is 8.08. The van der Waals surface area contributed by atoms with Crippen molar-refractivity contribution in [3.05, 3.63) is 36.5 Å². The van der Waals surface area contributed by atoms with Crippen LogP contribution < -0.4 is 0 Å². The smallest absolute Gasteiger partial charge is 0.0723 e. The molecule has 0 aliphatic rings. The first-order valence-electron chi connectivity index (χ1n) is 8.08. The highest BCUT2D eigenvalue weighted by atomic mass is 16.3. The molecule has 2 heteroatoms. The van der Waals surface area contributed by atoms with Crippen LogP contribution in [0.1, 0.15) is 65.2 Å². The summed E-state index contributed by atoms with van der Waals surface area (Å²) in [5.74, 6) is 0. The van der Waals surface area contributed by atoms with Crippen LogP contribution in [-0.4, -0.2) is 22.4 Å². The molecule has 0 bridgehead atoms. The first kappa shape index (κ1) is 19.1. The Labute approximate surface area is 124 Å². The molecule has 0 spiro atoms. The third kappa shape index (κ3) is 13.6. The molecule has 0 aromatic carbocycles. The summed E-state index contributed by atoms with van der Waals surface area (Å²) < 4.78 is 0. The fourth-order valence-electron chi connectivity index (χ4n) is 1.91. The van der Waals surface area contributed by atoms with E-state index in [1.54, 1.807) is 0 Å². The van der Waals surface area contributed by atoms with Gasteiger partial charge in [0.05, 0.1) is 12.2 Å². The second-order valence-corrected chi connectivity index (χ2v) is 5.28. The summed E-state index contributed by atoms with van der Waals surface area (Å²) >= 11 is 0. The van der Waals surface area contributed by atoms with Crippen LogP contribution in [0.3, 0.4) is 0 Å². The maximum absolute atomic E-state index is 9.66. The molecule has 0 fully saturated rings. The van der Waals surface area contributed by atoms with Crippen molar-refractivity contribution in [1.29, 1.82) is 0 Å². The molecule has 2 nitrogen and oxygen atoms in total. The Morgan fingerprint density at radius 2 is 1.05 bits per heavy atom. The van der Waals surface area contributed by atoms with Crippen molar-refractivity contribution < 1.29 is 10.2 Å². The van der Waals surface area contributed by atoms with E-state index in [1.807, 2.05) is 36.5 Å². The molecule has 0 aliphatic carbocycles. The summed E-state index contributed by atoms with van der Waals surface area (Å²) in [4.78, 5) is 0. The molecule has 0 aromatic rings. The van der Waals surface area contributed by atoms with Crippen LogP contribution in [-0.2, 0) is 0 Å². The molecule has 0 amide bonds. The zero-order valence-electron chi connectivity index (χ0n) is 13.2. The average Bonchev–Trinajstić information content (AvgIpc) is 2.43. The fourth-order valence-corrected chi connectivity index (χ4v) is 1.91. The highest BCUT2D eigenvalue weighted by molar-refractivity contribution is 5.13. The fraction of sp³-hybridized carbons (Fsp3) is 0.667. The Balaban J connectivity index is 3.72. The molecule has 0 heterocycles. The summed E-state index contributed by atoms with van der Waals surface area (Å²) in [6, 6.07) is 0. The van der Waals surface area contributed by atoms with Gasteiger partial charge in [0.25, 0.3) is 0 Å². The van der Waals surface area contributed by atoms with E-state index in [1.165, 1.54) is 25.7 Å². The number of allylic oxidation sites excluding steroid dienone is 4. The zero-order valence-corrected chi connectivity index (χ0v) is 13.2. The molecule has 0 aromatic heterocycles. The topological polar surface area (TPSA) is 40.5 Å². The number of aliphatic hydroxyl groups is 2. The number of unbranched alkanes of at least 4 members (excludes halogenated alkanes) is 4. The van der Waals surface area contributed by atoms with Crippen LogP contribution in [0.5, 0.6) is 0 Å². The van der Waals surface area contributed by atoms with E-state index in [0.717, 1.165) is 25.7 Å². The van der Waals surface area contributed by atoms with Crippen molar-refractivity contribution in [3.63, 3.8) is 0 Å². The molecule has 2 N–H and O–H groups in total. The van der Waals surface area contributed by atoms with Gasteiger partial charge in [-0.2, -0.15) is 0 Å². The lowest BCUT2D eigenvalue weighted by Gasteiger charge is -2.03. The predicted molar refractivity (Wildman–Crippen MR) is 87.7 cm³/mol. The number of hydrogen-bond acceptors (Lipinski definition) is 2. The number of aliphatic hydroxyl groups excluding tert-OH is 2. The maximum Gasteiger partial charge on any atom is 0.0723 e. The number of hydrogen-bond donors (Lipinski definition) is 2. The normalized spacial score (nSPS) is 15.6. The van der Waals surface area contributed by atoms with Gasteiger partial charge in [-0.25, -0.2) is 0 Å². The van der Waals surface area contributed by atoms with Gasteiger partial charge in [-0.05, 0) is 12.8 Å². The van der Waals surface area contributed by atoms with Gasteiger partial charge in [0, 0.05) is 0 Å². The van der Waals surface area contributed by atoms with Crippen LogP contribution in [0, 0.1) is 0 Å². The molecule has 2 unspecified atom stereocenters. The average molecular weight is 280 g/mol. The van der Waals surface area contributed by atoms with E-state index >= 15 is 0 Å². The summed E-state index contributed by atoms with van der Waals surface area (Å²) in [5, 5.41) is 19.3. The molecule has 0 saturated heterocycles. The molecule has 0 aliphatic heterocycles. The predicted octanol–water partition coefficient (Wildman–Crippen LogP) is 4.54. The monoisotopic (exact) mass is 280 g/mol. The van der Waals surface area contributed by atoms with E-state index < -0.39 is 0 Å². The third-order valence-electron chi connectivity index (χ3n) is 3.21. The SMILES string of the molecule is CCCCCC(O)\C=C/C=C\C=C\C(O)CCCCC. The highest BCUT2D eigenvalue weighted by Gasteiger charge is 1.97. The molecule has 2 atom stereocenters. The Hall–Kier alpha value is -0.860. The second-order valence-electron chi connectivity index (χ2n) is 5.28.